The van der Waals surface area contributed by atoms with Crippen LogP contribution >= 0.6 is 0 Å². The van der Waals surface area contributed by atoms with E-state index < -0.39 is 0 Å². The van der Waals surface area contributed by atoms with Crippen LogP contribution in [0.2, 0.25) is 0 Å². The summed E-state index contributed by atoms with van der Waals surface area (Å²) in [6.07, 6.45) is 5.81. The van der Waals surface area contributed by atoms with Crippen LogP contribution in [0.3, 0.4) is 0 Å². The molecule has 112 valence electrons. The molecular weight excluding hydrogens is 246 g/mol. The minimum Gasteiger partial charge on any atom is -0.356 e. The molecule has 1 aromatic rings. The van der Waals surface area contributed by atoms with Crippen molar-refractivity contribution in [1.82, 2.24) is 10.3 Å². The highest BCUT2D eigenvalue weighted by Crippen LogP contribution is 2.35. The standard InChI is InChI=1S/C17H29N3/c1-17(2,3)15-8-6-11-20(12-9-15)16-14(13-18-4)7-5-10-19-16/h5,7,10,15,18H,6,8-9,11-13H2,1-4H3. The zero-order valence-electron chi connectivity index (χ0n) is 13.4. The molecule has 1 saturated heterocycles. The van der Waals surface area contributed by atoms with Gasteiger partial charge in [0.05, 0.1) is 0 Å². The lowest BCUT2D eigenvalue weighted by Gasteiger charge is -2.30. The number of aromatic nitrogens is 1. The molecular formula is C17H29N3. The van der Waals surface area contributed by atoms with Crippen LogP contribution in [0.5, 0.6) is 0 Å². The van der Waals surface area contributed by atoms with Crippen LogP contribution in [0.4, 0.5) is 5.82 Å². The Labute approximate surface area is 123 Å². The Bertz CT molecular complexity index is 422. The van der Waals surface area contributed by atoms with Gasteiger partial charge in [-0.15, -0.1) is 0 Å². The fraction of sp³-hybridized carbons (Fsp3) is 0.706. The van der Waals surface area contributed by atoms with Crippen LogP contribution in [-0.2, 0) is 6.54 Å². The van der Waals surface area contributed by atoms with Crippen LogP contribution in [-0.4, -0.2) is 25.1 Å². The van der Waals surface area contributed by atoms with Crippen molar-refractivity contribution >= 4 is 5.82 Å². The quantitative estimate of drug-likeness (QED) is 0.915. The molecule has 3 heteroatoms. The molecule has 1 N–H and O–H groups in total. The van der Waals surface area contributed by atoms with E-state index in [4.69, 9.17) is 0 Å². The first-order valence-corrected chi connectivity index (χ1v) is 7.86. The van der Waals surface area contributed by atoms with Gasteiger partial charge in [-0.05, 0) is 43.7 Å². The van der Waals surface area contributed by atoms with Crippen molar-refractivity contribution in [3.05, 3.63) is 23.9 Å². The van der Waals surface area contributed by atoms with E-state index in [1.54, 1.807) is 0 Å². The second-order valence-electron chi connectivity index (χ2n) is 7.00. The Morgan fingerprint density at radius 2 is 2.10 bits per heavy atom. The average molecular weight is 275 g/mol. The monoisotopic (exact) mass is 275 g/mol. The number of anilines is 1. The Kier molecular flexibility index (Phi) is 5.03. The minimum absolute atomic E-state index is 0.425. The molecule has 0 amide bonds. The minimum atomic E-state index is 0.425. The predicted molar refractivity (Wildman–Crippen MR) is 86.0 cm³/mol. The summed E-state index contributed by atoms with van der Waals surface area (Å²) in [6, 6.07) is 4.22. The number of hydrogen-bond donors (Lipinski definition) is 1. The van der Waals surface area contributed by atoms with Crippen molar-refractivity contribution in [2.24, 2.45) is 11.3 Å². The highest BCUT2D eigenvalue weighted by Gasteiger charge is 2.27. The molecule has 3 nitrogen and oxygen atoms in total. The van der Waals surface area contributed by atoms with Crippen LogP contribution in [0.15, 0.2) is 18.3 Å². The maximum absolute atomic E-state index is 4.64. The van der Waals surface area contributed by atoms with Gasteiger partial charge in [-0.25, -0.2) is 4.98 Å². The number of pyridine rings is 1. The Balaban J connectivity index is 2.11. The smallest absolute Gasteiger partial charge is 0.133 e. The molecule has 0 spiro atoms. The van der Waals surface area contributed by atoms with Crippen LogP contribution in [0, 0.1) is 11.3 Å². The van der Waals surface area contributed by atoms with Crippen LogP contribution in [0.25, 0.3) is 0 Å². The van der Waals surface area contributed by atoms with Crippen molar-refractivity contribution in [2.75, 3.05) is 25.0 Å². The van der Waals surface area contributed by atoms with E-state index in [0.717, 1.165) is 25.6 Å². The summed E-state index contributed by atoms with van der Waals surface area (Å²) < 4.78 is 0. The van der Waals surface area contributed by atoms with Crippen LogP contribution < -0.4 is 10.2 Å². The maximum Gasteiger partial charge on any atom is 0.133 e. The second kappa shape index (κ2) is 6.57. The Morgan fingerprint density at radius 3 is 2.80 bits per heavy atom. The molecule has 2 heterocycles. The zero-order valence-corrected chi connectivity index (χ0v) is 13.4. The van der Waals surface area contributed by atoms with E-state index in [0.29, 0.717) is 5.41 Å². The van der Waals surface area contributed by atoms with Crippen molar-refractivity contribution in [1.29, 1.82) is 0 Å². The third kappa shape index (κ3) is 3.72. The summed E-state index contributed by atoms with van der Waals surface area (Å²) in [5.41, 5.74) is 1.73. The molecule has 1 aliphatic heterocycles. The first-order valence-electron chi connectivity index (χ1n) is 7.86. The molecule has 2 rings (SSSR count). The maximum atomic E-state index is 4.64. The number of nitrogens with one attached hydrogen (secondary N) is 1. The molecule has 1 unspecified atom stereocenters. The predicted octanol–water partition coefficient (Wildman–Crippen LogP) is 3.45. The summed E-state index contributed by atoms with van der Waals surface area (Å²) in [7, 11) is 1.99. The fourth-order valence-electron chi connectivity index (χ4n) is 3.22. The summed E-state index contributed by atoms with van der Waals surface area (Å²) in [6.45, 7) is 10.3. The lowest BCUT2D eigenvalue weighted by atomic mass is 9.77. The van der Waals surface area contributed by atoms with Gasteiger partial charge in [-0.2, -0.15) is 0 Å². The summed E-state index contributed by atoms with van der Waals surface area (Å²) >= 11 is 0. The van der Waals surface area contributed by atoms with Crippen molar-refractivity contribution in [2.45, 2.75) is 46.6 Å². The van der Waals surface area contributed by atoms with Gasteiger partial charge in [0, 0.05) is 31.4 Å². The van der Waals surface area contributed by atoms with Crippen LogP contribution in [0.1, 0.15) is 45.6 Å². The second-order valence-corrected chi connectivity index (χ2v) is 7.00. The van der Waals surface area contributed by atoms with E-state index in [1.165, 1.54) is 30.6 Å². The largest absolute Gasteiger partial charge is 0.356 e. The molecule has 1 aromatic heterocycles. The third-order valence-corrected chi connectivity index (χ3v) is 4.49. The zero-order chi connectivity index (χ0) is 14.6. The molecule has 0 aromatic carbocycles. The van der Waals surface area contributed by atoms with Gasteiger partial charge < -0.3 is 10.2 Å². The number of hydrogen-bond acceptors (Lipinski definition) is 3. The van der Waals surface area contributed by atoms with Crippen molar-refractivity contribution < 1.29 is 0 Å². The molecule has 1 aliphatic rings. The van der Waals surface area contributed by atoms with Crippen molar-refractivity contribution in [3.8, 4) is 0 Å². The highest BCUT2D eigenvalue weighted by molar-refractivity contribution is 5.46. The average Bonchev–Trinajstić information content (AvgIpc) is 2.65. The summed E-state index contributed by atoms with van der Waals surface area (Å²) in [4.78, 5) is 7.12. The van der Waals surface area contributed by atoms with Crippen molar-refractivity contribution in [3.63, 3.8) is 0 Å². The molecule has 0 aliphatic carbocycles. The number of nitrogens with zero attached hydrogens (tertiary/aromatic N) is 2. The lowest BCUT2D eigenvalue weighted by molar-refractivity contribution is 0.220. The molecule has 0 radical (unpaired) electrons. The SMILES string of the molecule is CNCc1cccnc1N1CCCC(C(C)(C)C)CC1. The summed E-state index contributed by atoms with van der Waals surface area (Å²) in [5, 5.41) is 3.25. The fourth-order valence-corrected chi connectivity index (χ4v) is 3.22. The van der Waals surface area contributed by atoms with E-state index in [2.05, 4.69) is 42.0 Å². The van der Waals surface area contributed by atoms with Gasteiger partial charge in [0.25, 0.3) is 0 Å². The third-order valence-electron chi connectivity index (χ3n) is 4.49. The summed E-state index contributed by atoms with van der Waals surface area (Å²) in [5.74, 6) is 2.00. The normalized spacial score (nSPS) is 20.8. The first-order chi connectivity index (χ1) is 9.52. The van der Waals surface area contributed by atoms with Gasteiger partial charge in [0.15, 0.2) is 0 Å². The first kappa shape index (κ1) is 15.3. The Hall–Kier alpha value is -1.09. The Morgan fingerprint density at radius 1 is 1.30 bits per heavy atom. The van der Waals surface area contributed by atoms with E-state index in [-0.39, 0.29) is 0 Å². The lowest BCUT2D eigenvalue weighted by Crippen LogP contribution is -2.28. The molecule has 0 saturated carbocycles. The molecule has 1 atom stereocenters. The van der Waals surface area contributed by atoms with E-state index >= 15 is 0 Å². The van der Waals surface area contributed by atoms with E-state index in [1.807, 2.05) is 19.3 Å². The molecule has 1 fully saturated rings. The topological polar surface area (TPSA) is 28.2 Å². The molecule has 0 bridgehead atoms. The van der Waals surface area contributed by atoms with E-state index in [9.17, 15) is 0 Å². The highest BCUT2D eigenvalue weighted by atomic mass is 15.2. The molecule has 20 heavy (non-hydrogen) atoms. The van der Waals surface area contributed by atoms with Gasteiger partial charge >= 0.3 is 0 Å². The number of rotatable bonds is 3. The van der Waals surface area contributed by atoms with Gasteiger partial charge in [0.2, 0.25) is 0 Å². The van der Waals surface area contributed by atoms with Gasteiger partial charge in [-0.3, -0.25) is 0 Å². The van der Waals surface area contributed by atoms with Gasteiger partial charge in [-0.1, -0.05) is 26.8 Å². The van der Waals surface area contributed by atoms with Gasteiger partial charge in [0.1, 0.15) is 5.82 Å².